The van der Waals surface area contributed by atoms with Crippen LogP contribution in [0.15, 0.2) is 30.3 Å². The zero-order chi connectivity index (χ0) is 15.5. The van der Waals surface area contributed by atoms with Crippen molar-refractivity contribution >= 4 is 5.91 Å². The van der Waals surface area contributed by atoms with E-state index in [1.165, 1.54) is 12.8 Å². The van der Waals surface area contributed by atoms with E-state index in [1.807, 2.05) is 30.3 Å². The first kappa shape index (κ1) is 16.0. The molecule has 116 valence electrons. The Bertz CT molecular complexity index is 476. The van der Waals surface area contributed by atoms with Crippen molar-refractivity contribution in [2.24, 2.45) is 16.9 Å². The normalized spacial score (nSPS) is 21.7. The summed E-state index contributed by atoms with van der Waals surface area (Å²) in [5.41, 5.74) is 12.1. The summed E-state index contributed by atoms with van der Waals surface area (Å²) >= 11 is 0. The predicted octanol–water partition coefficient (Wildman–Crippen LogP) is 1.84. The third-order valence-corrected chi connectivity index (χ3v) is 4.76. The van der Waals surface area contributed by atoms with Gasteiger partial charge in [-0.2, -0.15) is 0 Å². The number of amides is 1. The van der Waals surface area contributed by atoms with Gasteiger partial charge < -0.3 is 16.4 Å². The van der Waals surface area contributed by atoms with Crippen molar-refractivity contribution < 1.29 is 4.79 Å². The van der Waals surface area contributed by atoms with Crippen LogP contribution >= 0.6 is 0 Å². The smallest absolute Gasteiger partial charge is 0.242 e. The quantitative estimate of drug-likeness (QED) is 0.868. The number of hydrogen-bond acceptors (Lipinski definition) is 3. The van der Waals surface area contributed by atoms with Gasteiger partial charge >= 0.3 is 0 Å². The van der Waals surface area contributed by atoms with E-state index in [-0.39, 0.29) is 0 Å². The second-order valence-corrected chi connectivity index (χ2v) is 6.96. The van der Waals surface area contributed by atoms with Crippen LogP contribution in [0.4, 0.5) is 0 Å². The van der Waals surface area contributed by atoms with Crippen LogP contribution in [0, 0.1) is 5.41 Å². The van der Waals surface area contributed by atoms with Crippen LogP contribution in [0.25, 0.3) is 0 Å². The third-order valence-electron chi connectivity index (χ3n) is 4.76. The maximum absolute atomic E-state index is 11.9. The van der Waals surface area contributed by atoms with Crippen LogP contribution in [0.3, 0.4) is 0 Å². The zero-order valence-corrected chi connectivity index (χ0v) is 13.1. The monoisotopic (exact) mass is 289 g/mol. The van der Waals surface area contributed by atoms with Crippen LogP contribution in [-0.4, -0.2) is 30.4 Å². The molecular weight excluding hydrogens is 262 g/mol. The zero-order valence-electron chi connectivity index (χ0n) is 13.1. The van der Waals surface area contributed by atoms with Crippen LogP contribution in [-0.2, 0) is 10.3 Å². The Kier molecular flexibility index (Phi) is 4.69. The van der Waals surface area contributed by atoms with Gasteiger partial charge in [0.15, 0.2) is 0 Å². The standard InChI is InChI=1S/C17H27N3O/c1-16(2)8-11-20(12-9-16)13-10-17(19,15(18)21)14-6-4-3-5-7-14/h3-7H,8-13,19H2,1-2H3,(H2,18,21). The maximum atomic E-state index is 11.9. The molecule has 4 heteroatoms. The summed E-state index contributed by atoms with van der Waals surface area (Å²) in [6.45, 7) is 7.56. The Labute approximate surface area is 127 Å². The predicted molar refractivity (Wildman–Crippen MR) is 85.6 cm³/mol. The van der Waals surface area contributed by atoms with Gasteiger partial charge in [-0.15, -0.1) is 0 Å². The van der Waals surface area contributed by atoms with Gasteiger partial charge in [-0.25, -0.2) is 0 Å². The highest BCUT2D eigenvalue weighted by molar-refractivity contribution is 5.85. The van der Waals surface area contributed by atoms with Crippen LogP contribution in [0.1, 0.15) is 38.7 Å². The number of rotatable bonds is 5. The Hall–Kier alpha value is -1.39. The van der Waals surface area contributed by atoms with Gasteiger partial charge in [-0.1, -0.05) is 44.2 Å². The molecule has 1 aliphatic heterocycles. The molecule has 4 N–H and O–H groups in total. The van der Waals surface area contributed by atoms with E-state index in [2.05, 4.69) is 18.7 Å². The minimum atomic E-state index is -1.08. The fourth-order valence-corrected chi connectivity index (χ4v) is 2.86. The van der Waals surface area contributed by atoms with E-state index in [1.54, 1.807) is 0 Å². The summed E-state index contributed by atoms with van der Waals surface area (Å²) in [4.78, 5) is 14.3. The van der Waals surface area contributed by atoms with Gasteiger partial charge in [0.05, 0.1) is 0 Å². The second kappa shape index (κ2) is 6.16. The van der Waals surface area contributed by atoms with Gasteiger partial charge in [-0.3, -0.25) is 4.79 Å². The number of nitrogens with zero attached hydrogens (tertiary/aromatic N) is 1. The largest absolute Gasteiger partial charge is 0.368 e. The van der Waals surface area contributed by atoms with Gasteiger partial charge in [0, 0.05) is 6.54 Å². The van der Waals surface area contributed by atoms with Crippen molar-refractivity contribution in [3.05, 3.63) is 35.9 Å². The number of likely N-dealkylation sites (tertiary alicyclic amines) is 1. The molecule has 1 aliphatic rings. The molecule has 1 heterocycles. The molecular formula is C17H27N3O. The molecule has 1 atom stereocenters. The summed E-state index contributed by atoms with van der Waals surface area (Å²) in [5, 5.41) is 0. The number of carbonyl (C=O) groups excluding carboxylic acids is 1. The lowest BCUT2D eigenvalue weighted by molar-refractivity contribution is -0.123. The van der Waals surface area contributed by atoms with Gasteiger partial charge in [0.25, 0.3) is 0 Å². The molecule has 21 heavy (non-hydrogen) atoms. The van der Waals surface area contributed by atoms with E-state index < -0.39 is 11.4 Å². The van der Waals surface area contributed by atoms with Crippen molar-refractivity contribution in [3.63, 3.8) is 0 Å². The number of nitrogens with two attached hydrogens (primary N) is 2. The molecule has 0 aliphatic carbocycles. The van der Waals surface area contributed by atoms with Gasteiger partial charge in [0.1, 0.15) is 5.54 Å². The minimum absolute atomic E-state index is 0.430. The summed E-state index contributed by atoms with van der Waals surface area (Å²) < 4.78 is 0. The first-order valence-electron chi connectivity index (χ1n) is 7.70. The van der Waals surface area contributed by atoms with Crippen LogP contribution in [0.5, 0.6) is 0 Å². The number of benzene rings is 1. The fraction of sp³-hybridized carbons (Fsp3) is 0.588. The van der Waals surface area contributed by atoms with Crippen LogP contribution in [0.2, 0.25) is 0 Å². The number of primary amides is 1. The Morgan fingerprint density at radius 2 is 1.81 bits per heavy atom. The fourth-order valence-electron chi connectivity index (χ4n) is 2.86. The maximum Gasteiger partial charge on any atom is 0.242 e. The van der Waals surface area contributed by atoms with E-state index in [0.29, 0.717) is 11.8 Å². The molecule has 4 nitrogen and oxygen atoms in total. The van der Waals surface area contributed by atoms with Gasteiger partial charge in [0.2, 0.25) is 5.91 Å². The molecule has 1 amide bonds. The van der Waals surface area contributed by atoms with E-state index in [4.69, 9.17) is 11.5 Å². The second-order valence-electron chi connectivity index (χ2n) is 6.96. The third kappa shape index (κ3) is 3.83. The average Bonchev–Trinajstić information content (AvgIpc) is 2.46. The number of hydrogen-bond donors (Lipinski definition) is 2. The summed E-state index contributed by atoms with van der Waals surface area (Å²) in [6.07, 6.45) is 2.94. The molecule has 0 saturated carbocycles. The Morgan fingerprint density at radius 1 is 1.24 bits per heavy atom. The molecule has 0 bridgehead atoms. The molecule has 1 unspecified atom stereocenters. The SMILES string of the molecule is CC1(C)CCN(CCC(N)(C(N)=O)c2ccccc2)CC1. The van der Waals surface area contributed by atoms with E-state index in [9.17, 15) is 4.79 Å². The Morgan fingerprint density at radius 3 is 2.33 bits per heavy atom. The molecule has 0 aromatic heterocycles. The molecule has 1 aromatic rings. The van der Waals surface area contributed by atoms with Crippen molar-refractivity contribution in [1.29, 1.82) is 0 Å². The topological polar surface area (TPSA) is 72.3 Å². The van der Waals surface area contributed by atoms with Crippen molar-refractivity contribution in [1.82, 2.24) is 4.90 Å². The van der Waals surface area contributed by atoms with E-state index in [0.717, 1.165) is 25.2 Å². The van der Waals surface area contributed by atoms with Gasteiger partial charge in [-0.05, 0) is 43.3 Å². The highest BCUT2D eigenvalue weighted by Crippen LogP contribution is 2.30. The summed E-state index contributed by atoms with van der Waals surface area (Å²) in [6, 6.07) is 9.46. The molecule has 0 radical (unpaired) electrons. The average molecular weight is 289 g/mol. The first-order valence-corrected chi connectivity index (χ1v) is 7.70. The molecule has 0 spiro atoms. The number of piperidine rings is 1. The molecule has 2 rings (SSSR count). The Balaban J connectivity index is 2.00. The van der Waals surface area contributed by atoms with Crippen molar-refractivity contribution in [2.75, 3.05) is 19.6 Å². The van der Waals surface area contributed by atoms with Crippen molar-refractivity contribution in [3.8, 4) is 0 Å². The first-order chi connectivity index (χ1) is 9.83. The lowest BCUT2D eigenvalue weighted by Gasteiger charge is -2.38. The van der Waals surface area contributed by atoms with Crippen molar-refractivity contribution in [2.45, 2.75) is 38.6 Å². The lowest BCUT2D eigenvalue weighted by atomic mass is 9.82. The summed E-state index contributed by atoms with van der Waals surface area (Å²) in [7, 11) is 0. The highest BCUT2D eigenvalue weighted by Gasteiger charge is 2.35. The highest BCUT2D eigenvalue weighted by atomic mass is 16.1. The molecule has 1 fully saturated rings. The number of carbonyl (C=O) groups is 1. The minimum Gasteiger partial charge on any atom is -0.368 e. The summed E-state index contributed by atoms with van der Waals surface area (Å²) in [5.74, 6) is -0.453. The van der Waals surface area contributed by atoms with Crippen LogP contribution < -0.4 is 11.5 Å². The van der Waals surface area contributed by atoms with E-state index >= 15 is 0 Å². The molecule has 1 aromatic carbocycles. The lowest BCUT2D eigenvalue weighted by Crippen LogP contribution is -2.51. The molecule has 1 saturated heterocycles.